The zero-order chi connectivity index (χ0) is 11.5. The SMILES string of the molecule is CC1CCC(NC2CCCCNC2=O)C1C. The Kier molecular flexibility index (Phi) is 3.85. The van der Waals surface area contributed by atoms with E-state index >= 15 is 0 Å². The second kappa shape index (κ2) is 5.17. The molecule has 1 heterocycles. The fourth-order valence-corrected chi connectivity index (χ4v) is 2.96. The number of hydrogen-bond donors (Lipinski definition) is 2. The zero-order valence-corrected chi connectivity index (χ0v) is 10.5. The lowest BCUT2D eigenvalue weighted by Gasteiger charge is -2.24. The van der Waals surface area contributed by atoms with Gasteiger partial charge in [0.25, 0.3) is 0 Å². The molecule has 1 aliphatic carbocycles. The predicted octanol–water partition coefficient (Wildman–Crippen LogP) is 1.68. The van der Waals surface area contributed by atoms with E-state index in [1.165, 1.54) is 12.8 Å². The van der Waals surface area contributed by atoms with E-state index in [0.29, 0.717) is 12.0 Å². The molecule has 1 aliphatic heterocycles. The van der Waals surface area contributed by atoms with Gasteiger partial charge in [-0.25, -0.2) is 0 Å². The molecule has 2 N–H and O–H groups in total. The van der Waals surface area contributed by atoms with Gasteiger partial charge in [-0.2, -0.15) is 0 Å². The molecule has 0 aromatic carbocycles. The average molecular weight is 224 g/mol. The van der Waals surface area contributed by atoms with Crippen LogP contribution in [-0.2, 0) is 4.79 Å². The number of carbonyl (C=O) groups is 1. The van der Waals surface area contributed by atoms with Crippen molar-refractivity contribution in [3.63, 3.8) is 0 Å². The fraction of sp³-hybridized carbons (Fsp3) is 0.923. The number of nitrogens with one attached hydrogen (secondary N) is 2. The first-order valence-corrected chi connectivity index (χ1v) is 6.72. The highest BCUT2D eigenvalue weighted by Crippen LogP contribution is 2.31. The van der Waals surface area contributed by atoms with Crippen LogP contribution in [0.2, 0.25) is 0 Å². The molecular weight excluding hydrogens is 200 g/mol. The van der Waals surface area contributed by atoms with Gasteiger partial charge in [0.1, 0.15) is 0 Å². The van der Waals surface area contributed by atoms with Crippen LogP contribution in [0.3, 0.4) is 0 Å². The molecule has 1 amide bonds. The minimum absolute atomic E-state index is 0.0558. The zero-order valence-electron chi connectivity index (χ0n) is 10.5. The van der Waals surface area contributed by atoms with Gasteiger partial charge in [0.2, 0.25) is 5.91 Å². The molecular formula is C13H24N2O. The van der Waals surface area contributed by atoms with Crippen molar-refractivity contribution in [1.82, 2.24) is 10.6 Å². The van der Waals surface area contributed by atoms with Gasteiger partial charge in [0.15, 0.2) is 0 Å². The first-order valence-electron chi connectivity index (χ1n) is 6.72. The van der Waals surface area contributed by atoms with Gasteiger partial charge in [-0.15, -0.1) is 0 Å². The molecule has 0 radical (unpaired) electrons. The molecule has 0 aromatic rings. The Morgan fingerprint density at radius 3 is 2.69 bits per heavy atom. The Bertz CT molecular complexity index is 254. The van der Waals surface area contributed by atoms with Crippen LogP contribution in [0.15, 0.2) is 0 Å². The van der Waals surface area contributed by atoms with Crippen molar-refractivity contribution in [3.8, 4) is 0 Å². The van der Waals surface area contributed by atoms with Crippen LogP contribution in [-0.4, -0.2) is 24.5 Å². The summed E-state index contributed by atoms with van der Waals surface area (Å²) >= 11 is 0. The highest BCUT2D eigenvalue weighted by molar-refractivity contribution is 5.81. The van der Waals surface area contributed by atoms with Crippen LogP contribution < -0.4 is 10.6 Å². The van der Waals surface area contributed by atoms with Crippen LogP contribution in [0.4, 0.5) is 0 Å². The van der Waals surface area contributed by atoms with Crippen molar-refractivity contribution in [2.24, 2.45) is 11.8 Å². The first kappa shape index (κ1) is 11.9. The number of hydrogen-bond acceptors (Lipinski definition) is 2. The van der Waals surface area contributed by atoms with E-state index in [1.807, 2.05) is 0 Å². The molecule has 0 aromatic heterocycles. The third kappa shape index (κ3) is 2.57. The predicted molar refractivity (Wildman–Crippen MR) is 65.1 cm³/mol. The Labute approximate surface area is 98.4 Å². The first-order chi connectivity index (χ1) is 7.68. The lowest BCUT2D eigenvalue weighted by Crippen LogP contribution is -2.48. The summed E-state index contributed by atoms with van der Waals surface area (Å²) < 4.78 is 0. The van der Waals surface area contributed by atoms with Crippen molar-refractivity contribution in [2.75, 3.05) is 6.54 Å². The molecule has 1 saturated carbocycles. The summed E-state index contributed by atoms with van der Waals surface area (Å²) in [6.45, 7) is 5.48. The molecule has 0 spiro atoms. The highest BCUT2D eigenvalue weighted by atomic mass is 16.2. The monoisotopic (exact) mass is 224 g/mol. The Hall–Kier alpha value is -0.570. The standard InChI is InChI=1S/C13H24N2O/c1-9-6-7-11(10(9)2)15-12-5-3-4-8-14-13(12)16/h9-12,15H,3-8H2,1-2H3,(H,14,16). The van der Waals surface area contributed by atoms with E-state index < -0.39 is 0 Å². The fourth-order valence-electron chi connectivity index (χ4n) is 2.96. The summed E-state index contributed by atoms with van der Waals surface area (Å²) in [7, 11) is 0. The van der Waals surface area contributed by atoms with Crippen LogP contribution in [0.25, 0.3) is 0 Å². The molecule has 3 heteroatoms. The van der Waals surface area contributed by atoms with Crippen molar-refractivity contribution in [1.29, 1.82) is 0 Å². The lowest BCUT2D eigenvalue weighted by atomic mass is 9.97. The third-order valence-electron chi connectivity index (χ3n) is 4.42. The summed E-state index contributed by atoms with van der Waals surface area (Å²) in [5.41, 5.74) is 0. The Balaban J connectivity index is 1.90. The van der Waals surface area contributed by atoms with Crippen LogP contribution >= 0.6 is 0 Å². The highest BCUT2D eigenvalue weighted by Gasteiger charge is 2.32. The van der Waals surface area contributed by atoms with Crippen molar-refractivity contribution >= 4 is 5.91 Å². The average Bonchev–Trinajstić information content (AvgIpc) is 2.48. The molecule has 92 valence electrons. The van der Waals surface area contributed by atoms with Crippen LogP contribution in [0.5, 0.6) is 0 Å². The molecule has 3 nitrogen and oxygen atoms in total. The van der Waals surface area contributed by atoms with Gasteiger partial charge < -0.3 is 10.6 Å². The lowest BCUT2D eigenvalue weighted by molar-refractivity contribution is -0.123. The largest absolute Gasteiger partial charge is 0.355 e. The maximum atomic E-state index is 11.8. The molecule has 4 unspecified atom stereocenters. The molecule has 4 atom stereocenters. The van der Waals surface area contributed by atoms with Crippen molar-refractivity contribution in [3.05, 3.63) is 0 Å². The molecule has 2 rings (SSSR count). The van der Waals surface area contributed by atoms with E-state index in [0.717, 1.165) is 31.7 Å². The summed E-state index contributed by atoms with van der Waals surface area (Å²) in [6.07, 6.45) is 5.82. The number of amides is 1. The van der Waals surface area contributed by atoms with E-state index in [-0.39, 0.29) is 11.9 Å². The third-order valence-corrected chi connectivity index (χ3v) is 4.42. The maximum Gasteiger partial charge on any atom is 0.237 e. The van der Waals surface area contributed by atoms with Crippen molar-refractivity contribution < 1.29 is 4.79 Å². The second-order valence-corrected chi connectivity index (χ2v) is 5.53. The molecule has 0 bridgehead atoms. The smallest absolute Gasteiger partial charge is 0.237 e. The topological polar surface area (TPSA) is 41.1 Å². The maximum absolute atomic E-state index is 11.8. The Morgan fingerprint density at radius 1 is 1.19 bits per heavy atom. The molecule has 16 heavy (non-hydrogen) atoms. The summed E-state index contributed by atoms with van der Waals surface area (Å²) in [6, 6.07) is 0.601. The summed E-state index contributed by atoms with van der Waals surface area (Å²) in [5.74, 6) is 1.71. The summed E-state index contributed by atoms with van der Waals surface area (Å²) in [5, 5.41) is 6.57. The van der Waals surface area contributed by atoms with Crippen LogP contribution in [0.1, 0.15) is 46.0 Å². The number of carbonyl (C=O) groups excluding carboxylic acids is 1. The molecule has 2 fully saturated rings. The van der Waals surface area contributed by atoms with E-state index in [1.54, 1.807) is 0 Å². The minimum Gasteiger partial charge on any atom is -0.355 e. The number of rotatable bonds is 2. The van der Waals surface area contributed by atoms with Gasteiger partial charge in [-0.05, 0) is 43.9 Å². The Morgan fingerprint density at radius 2 is 2.00 bits per heavy atom. The van der Waals surface area contributed by atoms with E-state index in [4.69, 9.17) is 0 Å². The quantitative estimate of drug-likeness (QED) is 0.749. The second-order valence-electron chi connectivity index (χ2n) is 5.53. The van der Waals surface area contributed by atoms with Gasteiger partial charge in [-0.1, -0.05) is 13.8 Å². The van der Waals surface area contributed by atoms with Gasteiger partial charge in [0, 0.05) is 12.6 Å². The molecule has 2 aliphatic rings. The normalized spacial score (nSPS) is 40.5. The van der Waals surface area contributed by atoms with Gasteiger partial charge in [0.05, 0.1) is 6.04 Å². The van der Waals surface area contributed by atoms with Gasteiger partial charge >= 0.3 is 0 Å². The van der Waals surface area contributed by atoms with Gasteiger partial charge in [-0.3, -0.25) is 4.79 Å². The minimum atomic E-state index is 0.0558. The molecule has 1 saturated heterocycles. The summed E-state index contributed by atoms with van der Waals surface area (Å²) in [4.78, 5) is 11.8. The van der Waals surface area contributed by atoms with E-state index in [2.05, 4.69) is 24.5 Å². The van der Waals surface area contributed by atoms with E-state index in [9.17, 15) is 4.79 Å². The van der Waals surface area contributed by atoms with Crippen LogP contribution in [0, 0.1) is 11.8 Å². The van der Waals surface area contributed by atoms with Crippen molar-refractivity contribution in [2.45, 2.75) is 58.0 Å².